The van der Waals surface area contributed by atoms with Crippen LogP contribution in [0.1, 0.15) is 24.2 Å². The molecule has 0 fully saturated rings. The molecule has 0 saturated heterocycles. The van der Waals surface area contributed by atoms with Gasteiger partial charge in [-0.2, -0.15) is 5.26 Å². The largest absolute Gasteiger partial charge is 0.490 e. The van der Waals surface area contributed by atoms with E-state index >= 15 is 0 Å². The molecule has 5 nitrogen and oxygen atoms in total. The summed E-state index contributed by atoms with van der Waals surface area (Å²) in [5, 5.41) is 9.11. The minimum absolute atomic E-state index is 0.226. The summed E-state index contributed by atoms with van der Waals surface area (Å²) in [6.07, 6.45) is 1.42. The molecule has 2 atom stereocenters. The number of nitrogens with zero attached hydrogens (tertiary/aromatic N) is 1. The third-order valence-corrected chi connectivity index (χ3v) is 4.38. The molecule has 1 aliphatic rings. The molecule has 134 valence electrons. The minimum atomic E-state index is -0.314. The van der Waals surface area contributed by atoms with Gasteiger partial charge < -0.3 is 9.47 Å². The highest BCUT2D eigenvalue weighted by molar-refractivity contribution is 9.10. The summed E-state index contributed by atoms with van der Waals surface area (Å²) in [7, 11) is 0. The van der Waals surface area contributed by atoms with Gasteiger partial charge in [0.25, 0.3) is 0 Å². The van der Waals surface area contributed by atoms with Gasteiger partial charge in [-0.25, -0.2) is 0 Å². The fourth-order valence-corrected chi connectivity index (χ4v) is 2.91. The predicted molar refractivity (Wildman–Crippen MR) is 101 cm³/mol. The Morgan fingerprint density at radius 3 is 2.81 bits per heavy atom. The number of ether oxygens (including phenoxy) is 2. The molecule has 2 aromatic rings. The number of nitrogens with one attached hydrogen (secondary N) is 1. The lowest BCUT2D eigenvalue weighted by atomic mass is 10.0. The van der Waals surface area contributed by atoms with Gasteiger partial charge >= 0.3 is 0 Å². The van der Waals surface area contributed by atoms with E-state index in [2.05, 4.69) is 27.5 Å². The lowest BCUT2D eigenvalue weighted by molar-refractivity contribution is 0.000551. The normalized spacial score (nSPS) is 17.1. The summed E-state index contributed by atoms with van der Waals surface area (Å²) >= 11 is 3.40. The number of hydroxylamine groups is 1. The predicted octanol–water partition coefficient (Wildman–Crippen LogP) is 4.26. The Morgan fingerprint density at radius 1 is 1.27 bits per heavy atom. The molecule has 1 aliphatic heterocycles. The number of hydrogen-bond donors (Lipinski definition) is 1. The van der Waals surface area contributed by atoms with Gasteiger partial charge in [0.05, 0.1) is 17.3 Å². The average molecular weight is 415 g/mol. The van der Waals surface area contributed by atoms with E-state index in [1.807, 2.05) is 55.5 Å². The van der Waals surface area contributed by atoms with Crippen molar-refractivity contribution in [2.24, 2.45) is 0 Å². The topological polar surface area (TPSA) is 63.5 Å². The minimum Gasteiger partial charge on any atom is -0.490 e. The SMILES string of the molecule is CCOC(C1=CC(COc2ccc(Br)cc2)ON1)c1cccc(C#N)c1. The molecule has 0 spiro atoms. The quantitative estimate of drug-likeness (QED) is 0.732. The third-order valence-electron chi connectivity index (χ3n) is 3.86. The average Bonchev–Trinajstić information content (AvgIpc) is 3.14. The van der Waals surface area contributed by atoms with Gasteiger partial charge in [0.15, 0.2) is 0 Å². The van der Waals surface area contributed by atoms with Gasteiger partial charge in [0.1, 0.15) is 24.6 Å². The molecule has 0 aromatic heterocycles. The Morgan fingerprint density at radius 2 is 2.08 bits per heavy atom. The standard InChI is InChI=1S/C20H19BrN2O3/c1-2-24-20(15-5-3-4-14(10-15)12-22)19-11-18(26-23-19)13-25-17-8-6-16(21)7-9-17/h3-11,18,20,23H,2,13H2,1H3. The Labute approximate surface area is 161 Å². The maximum absolute atomic E-state index is 9.11. The van der Waals surface area contributed by atoms with Gasteiger partial charge in [-0.3, -0.25) is 10.3 Å². The van der Waals surface area contributed by atoms with Crippen molar-refractivity contribution >= 4 is 15.9 Å². The Balaban J connectivity index is 1.69. The van der Waals surface area contributed by atoms with E-state index in [0.717, 1.165) is 21.5 Å². The van der Waals surface area contributed by atoms with Crippen molar-refractivity contribution in [2.45, 2.75) is 19.1 Å². The molecule has 1 N–H and O–H groups in total. The summed E-state index contributed by atoms with van der Waals surface area (Å²) in [5.41, 5.74) is 5.25. The van der Waals surface area contributed by atoms with Crippen LogP contribution in [-0.2, 0) is 9.57 Å². The molecule has 0 saturated carbocycles. The van der Waals surface area contributed by atoms with E-state index in [1.165, 1.54) is 0 Å². The Bertz CT molecular complexity index is 815. The molecular weight excluding hydrogens is 396 g/mol. The van der Waals surface area contributed by atoms with E-state index in [1.54, 1.807) is 6.07 Å². The highest BCUT2D eigenvalue weighted by atomic mass is 79.9. The summed E-state index contributed by atoms with van der Waals surface area (Å²) < 4.78 is 12.6. The second-order valence-electron chi connectivity index (χ2n) is 5.72. The molecule has 2 aromatic carbocycles. The molecule has 6 heteroatoms. The maximum Gasteiger partial charge on any atom is 0.139 e. The number of hydrogen-bond acceptors (Lipinski definition) is 5. The van der Waals surface area contributed by atoms with Gasteiger partial charge in [0, 0.05) is 11.1 Å². The van der Waals surface area contributed by atoms with Crippen LogP contribution in [-0.4, -0.2) is 19.3 Å². The van der Waals surface area contributed by atoms with Crippen molar-refractivity contribution in [3.05, 3.63) is 75.9 Å². The Kier molecular flexibility index (Phi) is 6.29. The van der Waals surface area contributed by atoms with Crippen LogP contribution < -0.4 is 10.2 Å². The zero-order valence-corrected chi connectivity index (χ0v) is 15.9. The first-order valence-electron chi connectivity index (χ1n) is 8.33. The molecule has 0 bridgehead atoms. The second-order valence-corrected chi connectivity index (χ2v) is 6.63. The smallest absolute Gasteiger partial charge is 0.139 e. The Hall–Kier alpha value is -2.33. The van der Waals surface area contributed by atoms with Gasteiger partial charge in [0.2, 0.25) is 0 Å². The van der Waals surface area contributed by atoms with Crippen LogP contribution in [0.15, 0.2) is 64.8 Å². The first-order chi connectivity index (χ1) is 12.7. The van der Waals surface area contributed by atoms with Gasteiger partial charge in [-0.1, -0.05) is 28.1 Å². The van der Waals surface area contributed by atoms with Crippen LogP contribution in [0.3, 0.4) is 0 Å². The van der Waals surface area contributed by atoms with E-state index in [9.17, 15) is 0 Å². The van der Waals surface area contributed by atoms with Gasteiger partial charge in [-0.15, -0.1) is 0 Å². The number of rotatable bonds is 7. The zero-order valence-electron chi connectivity index (χ0n) is 14.3. The number of nitriles is 1. The summed E-state index contributed by atoms with van der Waals surface area (Å²) in [6.45, 7) is 2.86. The molecular formula is C20H19BrN2O3. The third kappa shape index (κ3) is 4.64. The highest BCUT2D eigenvalue weighted by Gasteiger charge is 2.25. The maximum atomic E-state index is 9.11. The summed E-state index contributed by atoms with van der Waals surface area (Å²) in [5.74, 6) is 0.779. The van der Waals surface area contributed by atoms with Crippen molar-refractivity contribution in [2.75, 3.05) is 13.2 Å². The van der Waals surface area contributed by atoms with Crippen LogP contribution in [0.4, 0.5) is 0 Å². The van der Waals surface area contributed by atoms with Crippen molar-refractivity contribution in [1.29, 1.82) is 5.26 Å². The molecule has 0 aliphatic carbocycles. The molecule has 2 unspecified atom stereocenters. The van der Waals surface area contributed by atoms with Crippen molar-refractivity contribution in [1.82, 2.24) is 5.48 Å². The van der Waals surface area contributed by atoms with Crippen molar-refractivity contribution in [3.8, 4) is 11.8 Å². The second kappa shape index (κ2) is 8.86. The number of benzene rings is 2. The van der Waals surface area contributed by atoms with Crippen molar-refractivity contribution < 1.29 is 14.3 Å². The molecule has 0 amide bonds. The van der Waals surface area contributed by atoms with Crippen molar-refractivity contribution in [3.63, 3.8) is 0 Å². The first kappa shape index (κ1) is 18.5. The fraction of sp³-hybridized carbons (Fsp3) is 0.250. The van der Waals surface area contributed by atoms with E-state index in [0.29, 0.717) is 18.8 Å². The molecule has 26 heavy (non-hydrogen) atoms. The first-order valence-corrected chi connectivity index (χ1v) is 9.12. The fourth-order valence-electron chi connectivity index (χ4n) is 2.65. The van der Waals surface area contributed by atoms with Gasteiger partial charge in [-0.05, 0) is 55.0 Å². The molecule has 0 radical (unpaired) electrons. The zero-order chi connectivity index (χ0) is 18.4. The van der Waals surface area contributed by atoms with Crippen LogP contribution in [0.2, 0.25) is 0 Å². The summed E-state index contributed by atoms with van der Waals surface area (Å²) in [4.78, 5) is 5.59. The lowest BCUT2D eigenvalue weighted by Gasteiger charge is -2.18. The molecule has 3 rings (SSSR count). The lowest BCUT2D eigenvalue weighted by Crippen LogP contribution is -2.21. The van der Waals surface area contributed by atoms with Crippen LogP contribution in [0.5, 0.6) is 5.75 Å². The van der Waals surface area contributed by atoms with E-state index < -0.39 is 0 Å². The number of halogens is 1. The monoisotopic (exact) mass is 414 g/mol. The van der Waals surface area contributed by atoms with E-state index in [-0.39, 0.29) is 12.2 Å². The molecule has 1 heterocycles. The van der Waals surface area contributed by atoms with E-state index in [4.69, 9.17) is 19.6 Å². The summed E-state index contributed by atoms with van der Waals surface area (Å²) in [6, 6.07) is 17.2. The van der Waals surface area contributed by atoms with Crippen LogP contribution in [0, 0.1) is 11.3 Å². The van der Waals surface area contributed by atoms with Crippen LogP contribution >= 0.6 is 15.9 Å². The highest BCUT2D eigenvalue weighted by Crippen LogP contribution is 2.28. The van der Waals surface area contributed by atoms with Crippen LogP contribution in [0.25, 0.3) is 0 Å².